The zero-order chi connectivity index (χ0) is 20.3. The molecule has 0 aliphatic rings. The Labute approximate surface area is 161 Å². The van der Waals surface area contributed by atoms with E-state index < -0.39 is 33.1 Å². The summed E-state index contributed by atoms with van der Waals surface area (Å²) in [5.41, 5.74) is 0.944. The molecule has 0 unspecified atom stereocenters. The summed E-state index contributed by atoms with van der Waals surface area (Å²) < 4.78 is 53.1. The van der Waals surface area contributed by atoms with Gasteiger partial charge >= 0.3 is 0 Å². The first-order valence-electron chi connectivity index (χ1n) is 8.27. The summed E-state index contributed by atoms with van der Waals surface area (Å²) >= 11 is 0. The molecule has 0 N–H and O–H groups in total. The number of benzene rings is 2. The average molecular weight is 405 g/mol. The summed E-state index contributed by atoms with van der Waals surface area (Å²) in [7, 11) is -2.62. The van der Waals surface area contributed by atoms with Gasteiger partial charge in [0.15, 0.2) is 0 Å². The zero-order valence-electron chi connectivity index (χ0n) is 14.9. The third-order valence-electron chi connectivity index (χ3n) is 4.04. The van der Waals surface area contributed by atoms with Crippen LogP contribution in [0.2, 0.25) is 0 Å². The molecule has 6 nitrogen and oxygen atoms in total. The lowest BCUT2D eigenvalue weighted by Gasteiger charge is -2.17. The molecule has 0 aliphatic carbocycles. The second-order valence-corrected chi connectivity index (χ2v) is 8.08. The number of rotatable bonds is 6. The van der Waals surface area contributed by atoms with Gasteiger partial charge in [-0.3, -0.25) is 9.36 Å². The van der Waals surface area contributed by atoms with Crippen molar-refractivity contribution in [1.82, 2.24) is 14.5 Å². The molecule has 1 amide bonds. The molecule has 0 saturated heterocycles. The summed E-state index contributed by atoms with van der Waals surface area (Å²) in [4.78, 5) is 17.5. The summed E-state index contributed by atoms with van der Waals surface area (Å²) in [5, 5.41) is -0.346. The lowest BCUT2D eigenvalue weighted by atomic mass is 10.2. The highest BCUT2D eigenvalue weighted by atomic mass is 32.2. The van der Waals surface area contributed by atoms with E-state index in [2.05, 4.69) is 4.98 Å². The Kier molecular flexibility index (Phi) is 5.55. The zero-order valence-corrected chi connectivity index (χ0v) is 15.7. The maximum Gasteiger partial charge on any atom is 0.238 e. The first-order valence-corrected chi connectivity index (χ1v) is 9.92. The van der Waals surface area contributed by atoms with E-state index in [0.717, 1.165) is 0 Å². The Morgan fingerprint density at radius 1 is 1.11 bits per heavy atom. The molecule has 28 heavy (non-hydrogen) atoms. The van der Waals surface area contributed by atoms with Gasteiger partial charge < -0.3 is 4.90 Å². The number of halogens is 2. The first-order chi connectivity index (χ1) is 13.3. The summed E-state index contributed by atoms with van der Waals surface area (Å²) in [6.07, 6.45) is 2.65. The predicted octanol–water partition coefficient (Wildman–Crippen LogP) is 2.58. The standard InChI is InChI=1S/C19H17F2N3O3S/c1-23(12-14-5-7-15(20)8-6-14)18(25)13-28(26,27)19-22-9-10-24(19)17-4-2-3-16(21)11-17/h2-11H,12-13H2,1H3. The quantitative estimate of drug-likeness (QED) is 0.632. The minimum absolute atomic E-state index is 0.132. The minimum Gasteiger partial charge on any atom is -0.341 e. The van der Waals surface area contributed by atoms with Crippen LogP contribution in [0.5, 0.6) is 0 Å². The van der Waals surface area contributed by atoms with E-state index in [-0.39, 0.29) is 17.4 Å². The van der Waals surface area contributed by atoms with Crippen LogP contribution in [0.25, 0.3) is 5.69 Å². The number of amides is 1. The van der Waals surface area contributed by atoms with E-state index in [1.54, 1.807) is 0 Å². The molecule has 3 rings (SSSR count). The number of carbonyl (C=O) groups is 1. The maximum atomic E-state index is 13.5. The Morgan fingerprint density at radius 2 is 1.82 bits per heavy atom. The van der Waals surface area contributed by atoms with Crippen LogP contribution in [-0.4, -0.2) is 41.6 Å². The second kappa shape index (κ2) is 7.89. The highest BCUT2D eigenvalue weighted by Gasteiger charge is 2.26. The number of hydrogen-bond donors (Lipinski definition) is 0. The van der Waals surface area contributed by atoms with Gasteiger partial charge in [-0.25, -0.2) is 22.2 Å². The molecule has 0 bridgehead atoms. The highest BCUT2D eigenvalue weighted by Crippen LogP contribution is 2.17. The van der Waals surface area contributed by atoms with Crippen LogP contribution in [-0.2, 0) is 21.2 Å². The van der Waals surface area contributed by atoms with Gasteiger partial charge in [0.05, 0.1) is 5.69 Å². The Balaban J connectivity index is 1.78. The van der Waals surface area contributed by atoms with E-state index in [9.17, 15) is 22.0 Å². The monoisotopic (exact) mass is 405 g/mol. The molecule has 1 aromatic heterocycles. The van der Waals surface area contributed by atoms with E-state index in [1.165, 1.54) is 77.4 Å². The average Bonchev–Trinajstić information content (AvgIpc) is 3.14. The molecule has 1 heterocycles. The predicted molar refractivity (Wildman–Crippen MR) is 98.4 cm³/mol. The van der Waals surface area contributed by atoms with Gasteiger partial charge in [0, 0.05) is 26.0 Å². The van der Waals surface area contributed by atoms with Gasteiger partial charge in [-0.15, -0.1) is 0 Å². The molecular formula is C19H17F2N3O3S. The van der Waals surface area contributed by atoms with Gasteiger partial charge in [-0.05, 0) is 35.9 Å². The van der Waals surface area contributed by atoms with Crippen molar-refractivity contribution in [3.8, 4) is 5.69 Å². The molecule has 0 saturated carbocycles. The fraction of sp³-hybridized carbons (Fsp3) is 0.158. The van der Waals surface area contributed by atoms with Crippen molar-refractivity contribution in [3.63, 3.8) is 0 Å². The molecule has 0 atom stereocenters. The normalized spacial score (nSPS) is 11.4. The van der Waals surface area contributed by atoms with E-state index in [0.29, 0.717) is 5.56 Å². The fourth-order valence-electron chi connectivity index (χ4n) is 2.63. The maximum absolute atomic E-state index is 13.5. The molecule has 0 fully saturated rings. The molecule has 9 heteroatoms. The van der Waals surface area contributed by atoms with Crippen molar-refractivity contribution in [1.29, 1.82) is 0 Å². The van der Waals surface area contributed by atoms with Crippen molar-refractivity contribution >= 4 is 15.7 Å². The number of imidazole rings is 1. The first kappa shape index (κ1) is 19.7. The lowest BCUT2D eigenvalue weighted by Crippen LogP contribution is -2.32. The van der Waals surface area contributed by atoms with Crippen LogP contribution in [0.1, 0.15) is 5.56 Å². The SMILES string of the molecule is CN(Cc1ccc(F)cc1)C(=O)CS(=O)(=O)c1nccn1-c1cccc(F)c1. The van der Waals surface area contributed by atoms with Crippen LogP contribution < -0.4 is 0 Å². The van der Waals surface area contributed by atoms with Gasteiger partial charge in [0.1, 0.15) is 17.4 Å². The molecule has 0 radical (unpaired) electrons. The van der Waals surface area contributed by atoms with Crippen molar-refractivity contribution in [3.05, 3.63) is 78.1 Å². The van der Waals surface area contributed by atoms with Gasteiger partial charge in [-0.1, -0.05) is 18.2 Å². The molecule has 3 aromatic rings. The Hall–Kier alpha value is -3.07. The topological polar surface area (TPSA) is 72.3 Å². The molecule has 2 aromatic carbocycles. The van der Waals surface area contributed by atoms with Crippen LogP contribution in [0.15, 0.2) is 66.1 Å². The van der Waals surface area contributed by atoms with E-state index >= 15 is 0 Å². The van der Waals surface area contributed by atoms with Crippen LogP contribution in [0.3, 0.4) is 0 Å². The summed E-state index contributed by atoms with van der Waals surface area (Å²) in [6.45, 7) is 0.132. The summed E-state index contributed by atoms with van der Waals surface area (Å²) in [5.74, 6) is -2.36. The molecule has 0 spiro atoms. The fourth-order valence-corrected chi connectivity index (χ4v) is 3.99. The van der Waals surface area contributed by atoms with Gasteiger partial charge in [0.2, 0.25) is 20.9 Å². The van der Waals surface area contributed by atoms with Gasteiger partial charge in [0.25, 0.3) is 0 Å². The van der Waals surface area contributed by atoms with Crippen molar-refractivity contribution in [2.45, 2.75) is 11.7 Å². The van der Waals surface area contributed by atoms with E-state index in [1.807, 2.05) is 0 Å². The molecule has 0 aliphatic heterocycles. The number of nitrogens with zero attached hydrogens (tertiary/aromatic N) is 3. The Morgan fingerprint density at radius 3 is 2.50 bits per heavy atom. The minimum atomic E-state index is -4.07. The third kappa shape index (κ3) is 4.42. The van der Waals surface area contributed by atoms with Crippen LogP contribution >= 0.6 is 0 Å². The smallest absolute Gasteiger partial charge is 0.238 e. The van der Waals surface area contributed by atoms with Gasteiger partial charge in [-0.2, -0.15) is 0 Å². The number of aromatic nitrogens is 2. The lowest BCUT2D eigenvalue weighted by molar-refractivity contribution is -0.127. The van der Waals surface area contributed by atoms with Crippen LogP contribution in [0, 0.1) is 11.6 Å². The summed E-state index contributed by atoms with van der Waals surface area (Å²) in [6, 6.07) is 11.0. The second-order valence-electron chi connectivity index (χ2n) is 6.20. The van der Waals surface area contributed by atoms with Crippen LogP contribution in [0.4, 0.5) is 8.78 Å². The largest absolute Gasteiger partial charge is 0.341 e. The number of hydrogen-bond acceptors (Lipinski definition) is 4. The van der Waals surface area contributed by atoms with Crippen molar-refractivity contribution in [2.75, 3.05) is 12.8 Å². The van der Waals surface area contributed by atoms with Crippen molar-refractivity contribution < 1.29 is 22.0 Å². The third-order valence-corrected chi connectivity index (χ3v) is 5.53. The van der Waals surface area contributed by atoms with E-state index in [4.69, 9.17) is 0 Å². The molecular weight excluding hydrogens is 388 g/mol. The molecule has 146 valence electrons. The number of carbonyl (C=O) groups excluding carboxylic acids is 1. The van der Waals surface area contributed by atoms with Crippen molar-refractivity contribution in [2.24, 2.45) is 0 Å². The number of sulfone groups is 1. The highest BCUT2D eigenvalue weighted by molar-refractivity contribution is 7.92. The Bertz CT molecular complexity index is 1100.